The normalized spacial score (nSPS) is 12.1. The molecule has 0 saturated carbocycles. The predicted octanol–water partition coefficient (Wildman–Crippen LogP) is 19.1. The van der Waals surface area contributed by atoms with E-state index in [1.54, 1.807) is 0 Å². The summed E-state index contributed by atoms with van der Waals surface area (Å²) < 4.78 is 2.56. The van der Waals surface area contributed by atoms with Crippen LogP contribution in [0.4, 0.5) is 17.1 Å². The summed E-state index contributed by atoms with van der Waals surface area (Å²) in [5.41, 5.74) is 15.8. The predicted molar refractivity (Wildman–Crippen MR) is 288 cm³/mol. The van der Waals surface area contributed by atoms with Crippen LogP contribution in [0, 0.1) is 0 Å². The van der Waals surface area contributed by atoms with Crippen molar-refractivity contribution in [3.63, 3.8) is 0 Å². The van der Waals surface area contributed by atoms with Gasteiger partial charge in [0.15, 0.2) is 0 Å². The quantitative estimate of drug-likeness (QED) is 0.154. The van der Waals surface area contributed by atoms with E-state index in [-0.39, 0.29) is 10.8 Å². The fourth-order valence-corrected chi connectivity index (χ4v) is 11.1. The minimum absolute atomic E-state index is 0.0112. The van der Waals surface area contributed by atoms with Crippen molar-refractivity contribution in [1.29, 1.82) is 0 Å². The molecule has 0 fully saturated rings. The SMILES string of the molecule is CC(C)(C)c1cc(-c2cccc3cccc(-c4ccccc4N(c4ccccc4-c4cccc5cccc(-c6ccccc6)c45)c4cccc5sc6ccccc6c45)c23)cc(C(C)(C)C)c1. The van der Waals surface area contributed by atoms with E-state index in [1.807, 2.05) is 11.3 Å². The number of hydrogen-bond donors (Lipinski definition) is 0. The van der Waals surface area contributed by atoms with Gasteiger partial charge >= 0.3 is 0 Å². The van der Waals surface area contributed by atoms with Crippen LogP contribution >= 0.6 is 11.3 Å². The van der Waals surface area contributed by atoms with Crippen molar-refractivity contribution in [2.24, 2.45) is 0 Å². The van der Waals surface area contributed by atoms with Gasteiger partial charge in [0.05, 0.1) is 17.1 Å². The fraction of sp³-hybridized carbons (Fsp3) is 0.125. The van der Waals surface area contributed by atoms with Gasteiger partial charge in [0.1, 0.15) is 0 Å². The fourth-order valence-electron chi connectivity index (χ4n) is 10.0. The maximum Gasteiger partial charge on any atom is 0.0555 e. The second-order valence-corrected chi connectivity index (χ2v) is 20.8. The van der Waals surface area contributed by atoms with Crippen molar-refractivity contribution < 1.29 is 0 Å². The first kappa shape index (κ1) is 41.4. The molecule has 0 N–H and O–H groups in total. The highest BCUT2D eigenvalue weighted by molar-refractivity contribution is 7.26. The maximum atomic E-state index is 2.56. The molecule has 320 valence electrons. The molecule has 0 amide bonds. The molecule has 1 heterocycles. The summed E-state index contributed by atoms with van der Waals surface area (Å²) >= 11 is 1.87. The number of benzene rings is 10. The second kappa shape index (κ2) is 16.3. The van der Waals surface area contributed by atoms with Crippen molar-refractivity contribution in [2.75, 3.05) is 4.90 Å². The summed E-state index contributed by atoms with van der Waals surface area (Å²) in [7, 11) is 0. The van der Waals surface area contributed by atoms with Crippen LogP contribution < -0.4 is 4.90 Å². The third-order valence-corrected chi connectivity index (χ3v) is 14.5. The van der Waals surface area contributed by atoms with E-state index in [1.165, 1.54) is 97.4 Å². The van der Waals surface area contributed by atoms with Crippen LogP contribution in [0.2, 0.25) is 0 Å². The Morgan fingerprint density at radius 2 is 0.742 bits per heavy atom. The van der Waals surface area contributed by atoms with Crippen molar-refractivity contribution in [3.8, 4) is 44.5 Å². The number of anilines is 3. The summed E-state index contributed by atoms with van der Waals surface area (Å²) in [5, 5.41) is 7.47. The molecule has 11 aromatic rings. The van der Waals surface area contributed by atoms with Gasteiger partial charge in [-0.05, 0) is 107 Å². The van der Waals surface area contributed by atoms with Crippen LogP contribution in [0.5, 0.6) is 0 Å². The van der Waals surface area contributed by atoms with E-state index >= 15 is 0 Å². The van der Waals surface area contributed by atoms with E-state index in [0.29, 0.717) is 0 Å². The zero-order chi connectivity index (χ0) is 45.2. The number of hydrogen-bond acceptors (Lipinski definition) is 2. The lowest BCUT2D eigenvalue weighted by Gasteiger charge is -2.31. The van der Waals surface area contributed by atoms with Gasteiger partial charge in [-0.3, -0.25) is 0 Å². The van der Waals surface area contributed by atoms with E-state index < -0.39 is 0 Å². The van der Waals surface area contributed by atoms with Gasteiger partial charge in [0.25, 0.3) is 0 Å². The van der Waals surface area contributed by atoms with Gasteiger partial charge in [0.2, 0.25) is 0 Å². The second-order valence-electron chi connectivity index (χ2n) is 19.7. The number of para-hydroxylation sites is 2. The van der Waals surface area contributed by atoms with Gasteiger partial charge in [-0.1, -0.05) is 224 Å². The first-order chi connectivity index (χ1) is 32.0. The van der Waals surface area contributed by atoms with Crippen LogP contribution in [0.3, 0.4) is 0 Å². The van der Waals surface area contributed by atoms with Crippen LogP contribution in [-0.2, 0) is 10.8 Å². The molecular weight excluding hydrogens is 815 g/mol. The Bertz CT molecular complexity index is 3570. The molecule has 0 spiro atoms. The Balaban J connectivity index is 1.22. The van der Waals surface area contributed by atoms with Gasteiger partial charge in [-0.2, -0.15) is 0 Å². The molecule has 0 aliphatic carbocycles. The molecular formula is C64H53NS. The lowest BCUT2D eigenvalue weighted by atomic mass is 9.78. The zero-order valence-corrected chi connectivity index (χ0v) is 39.4. The zero-order valence-electron chi connectivity index (χ0n) is 38.6. The highest BCUT2D eigenvalue weighted by atomic mass is 32.1. The van der Waals surface area contributed by atoms with Gasteiger partial charge < -0.3 is 4.90 Å². The number of fused-ring (bicyclic) bond motifs is 5. The highest BCUT2D eigenvalue weighted by Crippen LogP contribution is 2.52. The summed E-state index contributed by atoms with van der Waals surface area (Å²) in [6.45, 7) is 14.0. The smallest absolute Gasteiger partial charge is 0.0555 e. The Kier molecular flexibility index (Phi) is 10.2. The standard InChI is InChI=1S/C64H53NS/c1-63(2,3)46-39-45(40-47(41-46)64(4,5)6)49-31-17-24-44-26-19-33-53(61(44)49)51-28-11-14-35-56(51)65(57-36-20-38-59-62(57)54-29-12-15-37-58(54)66-59)55-34-13-10-27-50(55)52-32-18-25-43-23-16-30-48(60(43)52)42-21-8-7-9-22-42/h7-41H,1-6H3. The monoisotopic (exact) mass is 867 g/mol. The summed E-state index contributed by atoms with van der Waals surface area (Å²) in [6, 6.07) is 79.1. The van der Waals surface area contributed by atoms with E-state index in [2.05, 4.69) is 259 Å². The topological polar surface area (TPSA) is 3.24 Å². The molecule has 10 aromatic carbocycles. The molecule has 0 atom stereocenters. The third-order valence-electron chi connectivity index (χ3n) is 13.4. The highest BCUT2D eigenvalue weighted by Gasteiger charge is 2.27. The number of thiophene rings is 1. The van der Waals surface area contributed by atoms with Crippen LogP contribution in [0.25, 0.3) is 86.2 Å². The summed E-state index contributed by atoms with van der Waals surface area (Å²) in [5.74, 6) is 0. The third kappa shape index (κ3) is 7.27. The number of nitrogens with zero attached hydrogens (tertiary/aromatic N) is 1. The minimum Gasteiger partial charge on any atom is -0.309 e. The lowest BCUT2D eigenvalue weighted by Crippen LogP contribution is -2.16. The van der Waals surface area contributed by atoms with Gasteiger partial charge in [-0.25, -0.2) is 0 Å². The van der Waals surface area contributed by atoms with Crippen molar-refractivity contribution >= 4 is 70.1 Å². The lowest BCUT2D eigenvalue weighted by molar-refractivity contribution is 0.569. The molecule has 11 rings (SSSR count). The number of rotatable bonds is 7. The molecule has 66 heavy (non-hydrogen) atoms. The maximum absolute atomic E-state index is 2.56. The Morgan fingerprint density at radius 3 is 1.30 bits per heavy atom. The van der Waals surface area contributed by atoms with Crippen LogP contribution in [0.1, 0.15) is 52.7 Å². The Hall–Kier alpha value is -7.26. The average Bonchev–Trinajstić information content (AvgIpc) is 3.73. The van der Waals surface area contributed by atoms with E-state index in [4.69, 9.17) is 0 Å². The first-order valence-electron chi connectivity index (χ1n) is 23.2. The Labute approximate surface area is 393 Å². The molecule has 2 heteroatoms. The molecule has 1 nitrogen and oxygen atoms in total. The first-order valence-corrected chi connectivity index (χ1v) is 24.0. The van der Waals surface area contributed by atoms with Crippen molar-refractivity contribution in [1.82, 2.24) is 0 Å². The largest absolute Gasteiger partial charge is 0.309 e. The minimum atomic E-state index is -0.0112. The molecule has 0 bridgehead atoms. The molecule has 0 radical (unpaired) electrons. The van der Waals surface area contributed by atoms with Gasteiger partial charge in [-0.15, -0.1) is 11.3 Å². The molecule has 0 unspecified atom stereocenters. The average molecular weight is 868 g/mol. The molecule has 0 aliphatic rings. The van der Waals surface area contributed by atoms with Crippen molar-refractivity contribution in [3.05, 3.63) is 223 Å². The summed E-state index contributed by atoms with van der Waals surface area (Å²) in [4.78, 5) is 2.56. The molecule has 0 saturated heterocycles. The molecule has 0 aliphatic heterocycles. The van der Waals surface area contributed by atoms with Gasteiger partial charge in [0, 0.05) is 31.3 Å². The molecule has 1 aromatic heterocycles. The van der Waals surface area contributed by atoms with Crippen molar-refractivity contribution in [2.45, 2.75) is 52.4 Å². The summed E-state index contributed by atoms with van der Waals surface area (Å²) in [6.07, 6.45) is 0. The Morgan fingerprint density at radius 1 is 0.318 bits per heavy atom. The van der Waals surface area contributed by atoms with E-state index in [9.17, 15) is 0 Å². The van der Waals surface area contributed by atoms with Crippen LogP contribution in [0.15, 0.2) is 212 Å². The van der Waals surface area contributed by atoms with E-state index in [0.717, 1.165) is 17.1 Å². The van der Waals surface area contributed by atoms with Crippen LogP contribution in [-0.4, -0.2) is 0 Å².